The van der Waals surface area contributed by atoms with Gasteiger partial charge in [-0.3, -0.25) is 4.79 Å². The first-order valence-electron chi connectivity index (χ1n) is 11.3. The topological polar surface area (TPSA) is 60.5 Å². The Morgan fingerprint density at radius 3 is 2.93 bits per heavy atom. The standard InChI is InChI=1S/C23H34N2O5/c1-27-13-5-12-25(15-18-6-4-11-24-10-3-2-7-20(18)24)23(26)16-28-19-8-9-21-22(14-19)30-17-29-21/h8-9,14,18,20H,2-7,10-13,15-17H2,1H3/t18-,20+/m0/s1. The highest BCUT2D eigenvalue weighted by atomic mass is 16.7. The zero-order valence-electron chi connectivity index (χ0n) is 18.0. The van der Waals surface area contributed by atoms with Gasteiger partial charge in [0.25, 0.3) is 5.91 Å². The molecule has 0 aliphatic carbocycles. The first-order valence-corrected chi connectivity index (χ1v) is 11.3. The van der Waals surface area contributed by atoms with Crippen LogP contribution < -0.4 is 14.2 Å². The maximum absolute atomic E-state index is 13.1. The predicted octanol–water partition coefficient (Wildman–Crippen LogP) is 2.92. The molecule has 0 N–H and O–H groups in total. The molecule has 0 bridgehead atoms. The van der Waals surface area contributed by atoms with Gasteiger partial charge in [-0.05, 0) is 63.2 Å². The van der Waals surface area contributed by atoms with Gasteiger partial charge in [0, 0.05) is 38.9 Å². The number of methoxy groups -OCH3 is 1. The van der Waals surface area contributed by atoms with E-state index in [1.165, 1.54) is 45.2 Å². The van der Waals surface area contributed by atoms with Gasteiger partial charge in [0.2, 0.25) is 6.79 Å². The largest absolute Gasteiger partial charge is 0.484 e. The molecule has 4 rings (SSSR count). The van der Waals surface area contributed by atoms with Crippen LogP contribution in [0, 0.1) is 5.92 Å². The van der Waals surface area contributed by atoms with E-state index in [0.29, 0.717) is 42.4 Å². The number of ether oxygens (including phenoxy) is 4. The van der Waals surface area contributed by atoms with Crippen LogP contribution in [0.5, 0.6) is 17.2 Å². The normalized spacial score (nSPS) is 23.1. The molecule has 0 saturated carbocycles. The Bertz CT molecular complexity index is 711. The molecule has 3 aliphatic heterocycles. The van der Waals surface area contributed by atoms with E-state index in [0.717, 1.165) is 13.0 Å². The van der Waals surface area contributed by atoms with Crippen LogP contribution in [0.2, 0.25) is 0 Å². The second kappa shape index (κ2) is 10.4. The van der Waals surface area contributed by atoms with Gasteiger partial charge >= 0.3 is 0 Å². The zero-order valence-corrected chi connectivity index (χ0v) is 18.0. The van der Waals surface area contributed by atoms with Gasteiger partial charge in [0.1, 0.15) is 5.75 Å². The number of hydrogen-bond acceptors (Lipinski definition) is 6. The molecule has 2 saturated heterocycles. The summed E-state index contributed by atoms with van der Waals surface area (Å²) in [6.45, 7) is 4.87. The Balaban J connectivity index is 1.36. The number of benzene rings is 1. The van der Waals surface area contributed by atoms with Gasteiger partial charge in [0.15, 0.2) is 18.1 Å². The number of amides is 1. The molecule has 1 aromatic rings. The second-order valence-electron chi connectivity index (χ2n) is 8.49. The highest BCUT2D eigenvalue weighted by Gasteiger charge is 2.34. The van der Waals surface area contributed by atoms with Crippen molar-refractivity contribution in [3.63, 3.8) is 0 Å². The molecule has 0 radical (unpaired) electrons. The molecule has 3 heterocycles. The maximum atomic E-state index is 13.1. The number of carbonyl (C=O) groups excluding carboxylic acids is 1. The SMILES string of the molecule is COCCCN(C[C@@H]1CCCN2CCCC[C@H]12)C(=O)COc1ccc2c(c1)OCO2. The Morgan fingerprint density at radius 2 is 2.03 bits per heavy atom. The molecule has 0 unspecified atom stereocenters. The predicted molar refractivity (Wildman–Crippen MR) is 113 cm³/mol. The first kappa shape index (κ1) is 21.2. The van der Waals surface area contributed by atoms with Gasteiger partial charge in [-0.1, -0.05) is 6.42 Å². The molecule has 30 heavy (non-hydrogen) atoms. The van der Waals surface area contributed by atoms with Crippen molar-refractivity contribution < 1.29 is 23.7 Å². The van der Waals surface area contributed by atoms with Crippen LogP contribution in [0.25, 0.3) is 0 Å². The highest BCUT2D eigenvalue weighted by Crippen LogP contribution is 2.35. The van der Waals surface area contributed by atoms with E-state index in [4.69, 9.17) is 18.9 Å². The van der Waals surface area contributed by atoms with Crippen molar-refractivity contribution in [3.8, 4) is 17.2 Å². The summed E-state index contributed by atoms with van der Waals surface area (Å²) in [5.41, 5.74) is 0. The summed E-state index contributed by atoms with van der Waals surface area (Å²) in [5, 5.41) is 0. The molecule has 3 aliphatic rings. The summed E-state index contributed by atoms with van der Waals surface area (Å²) in [7, 11) is 1.70. The maximum Gasteiger partial charge on any atom is 0.260 e. The molecule has 7 nitrogen and oxygen atoms in total. The van der Waals surface area contributed by atoms with Crippen LogP contribution >= 0.6 is 0 Å². The molecule has 7 heteroatoms. The van der Waals surface area contributed by atoms with Crippen molar-refractivity contribution in [3.05, 3.63) is 18.2 Å². The number of rotatable bonds is 9. The lowest BCUT2D eigenvalue weighted by Gasteiger charge is -2.45. The monoisotopic (exact) mass is 418 g/mol. The highest BCUT2D eigenvalue weighted by molar-refractivity contribution is 5.77. The van der Waals surface area contributed by atoms with Crippen LogP contribution in [0.3, 0.4) is 0 Å². The Kier molecular flexibility index (Phi) is 7.33. The first-order chi connectivity index (χ1) is 14.7. The molecule has 0 spiro atoms. The number of hydrogen-bond donors (Lipinski definition) is 0. The summed E-state index contributed by atoms with van der Waals surface area (Å²) < 4.78 is 21.7. The fourth-order valence-electron chi connectivity index (χ4n) is 4.99. The average molecular weight is 419 g/mol. The Morgan fingerprint density at radius 1 is 1.17 bits per heavy atom. The minimum Gasteiger partial charge on any atom is -0.484 e. The van der Waals surface area contributed by atoms with Crippen molar-refractivity contribution in [1.82, 2.24) is 9.80 Å². The van der Waals surface area contributed by atoms with Crippen molar-refractivity contribution >= 4 is 5.91 Å². The van der Waals surface area contributed by atoms with Crippen molar-refractivity contribution in [2.45, 2.75) is 44.6 Å². The molecular weight excluding hydrogens is 384 g/mol. The smallest absolute Gasteiger partial charge is 0.260 e. The summed E-state index contributed by atoms with van der Waals surface area (Å²) in [6.07, 6.45) is 7.16. The van der Waals surface area contributed by atoms with Crippen LogP contribution in [0.4, 0.5) is 0 Å². The van der Waals surface area contributed by atoms with Gasteiger partial charge in [-0.2, -0.15) is 0 Å². The van der Waals surface area contributed by atoms with Gasteiger partial charge < -0.3 is 28.7 Å². The number of piperidine rings is 2. The number of carbonyl (C=O) groups is 1. The molecule has 166 valence electrons. The molecular formula is C23H34N2O5. The zero-order chi connectivity index (χ0) is 20.8. The summed E-state index contributed by atoms with van der Waals surface area (Å²) in [4.78, 5) is 17.7. The number of nitrogens with zero attached hydrogens (tertiary/aromatic N) is 2. The molecule has 2 fully saturated rings. The summed E-state index contributed by atoms with van der Waals surface area (Å²) >= 11 is 0. The number of fused-ring (bicyclic) bond motifs is 2. The minimum atomic E-state index is 0.0354. The van der Waals surface area contributed by atoms with Crippen LogP contribution in [-0.4, -0.2) is 75.0 Å². The van der Waals surface area contributed by atoms with Crippen LogP contribution in [0.1, 0.15) is 38.5 Å². The van der Waals surface area contributed by atoms with E-state index in [2.05, 4.69) is 4.90 Å². The summed E-state index contributed by atoms with van der Waals surface area (Å²) in [5.74, 6) is 2.59. The van der Waals surface area contributed by atoms with E-state index in [1.807, 2.05) is 17.0 Å². The Hall–Kier alpha value is -1.99. The lowest BCUT2D eigenvalue weighted by Crippen LogP contribution is -2.52. The van der Waals surface area contributed by atoms with Gasteiger partial charge in [-0.25, -0.2) is 0 Å². The summed E-state index contributed by atoms with van der Waals surface area (Å²) in [6, 6.07) is 6.04. The third-order valence-electron chi connectivity index (χ3n) is 6.52. The van der Waals surface area contributed by atoms with E-state index >= 15 is 0 Å². The molecule has 1 amide bonds. The van der Waals surface area contributed by atoms with Crippen LogP contribution in [0.15, 0.2) is 18.2 Å². The molecule has 2 atom stereocenters. The van der Waals surface area contributed by atoms with E-state index in [9.17, 15) is 4.79 Å². The van der Waals surface area contributed by atoms with E-state index < -0.39 is 0 Å². The van der Waals surface area contributed by atoms with E-state index in [1.54, 1.807) is 13.2 Å². The van der Waals surface area contributed by atoms with E-state index in [-0.39, 0.29) is 19.3 Å². The Labute approximate surface area is 179 Å². The fourth-order valence-corrected chi connectivity index (χ4v) is 4.99. The average Bonchev–Trinajstić information content (AvgIpc) is 3.25. The van der Waals surface area contributed by atoms with Crippen molar-refractivity contribution in [1.29, 1.82) is 0 Å². The minimum absolute atomic E-state index is 0.0354. The molecule has 0 aromatic heterocycles. The lowest BCUT2D eigenvalue weighted by atomic mass is 9.83. The fraction of sp³-hybridized carbons (Fsp3) is 0.696. The third kappa shape index (κ3) is 5.19. The second-order valence-corrected chi connectivity index (χ2v) is 8.49. The molecule has 1 aromatic carbocycles. The quantitative estimate of drug-likeness (QED) is 0.575. The van der Waals surface area contributed by atoms with Crippen molar-refractivity contribution in [2.75, 3.05) is 53.3 Å². The van der Waals surface area contributed by atoms with Crippen LogP contribution in [-0.2, 0) is 9.53 Å². The third-order valence-corrected chi connectivity index (χ3v) is 6.52. The van der Waals surface area contributed by atoms with Crippen molar-refractivity contribution in [2.24, 2.45) is 5.92 Å². The van der Waals surface area contributed by atoms with Gasteiger partial charge in [-0.15, -0.1) is 0 Å². The lowest BCUT2D eigenvalue weighted by molar-refractivity contribution is -0.135. The van der Waals surface area contributed by atoms with Gasteiger partial charge in [0.05, 0.1) is 0 Å².